The van der Waals surface area contributed by atoms with Crippen molar-refractivity contribution in [1.82, 2.24) is 14.7 Å². The maximum atomic E-state index is 12.5. The molecule has 0 atom stereocenters. The zero-order valence-electron chi connectivity index (χ0n) is 16.8. The van der Waals surface area contributed by atoms with E-state index in [2.05, 4.69) is 31.2 Å². The summed E-state index contributed by atoms with van der Waals surface area (Å²) >= 11 is 0. The smallest absolute Gasteiger partial charge is 0.226 e. The van der Waals surface area contributed by atoms with Gasteiger partial charge in [-0.1, -0.05) is 39.0 Å². The lowest BCUT2D eigenvalue weighted by Gasteiger charge is -2.26. The van der Waals surface area contributed by atoms with Gasteiger partial charge in [-0.15, -0.1) is 0 Å². The zero-order valence-corrected chi connectivity index (χ0v) is 16.8. The van der Waals surface area contributed by atoms with Crippen LogP contribution >= 0.6 is 0 Å². The molecule has 1 N–H and O–H groups in total. The SMILES string of the molecule is CC(C)(C)c1cc(NC(=O)CCC(=O)N2CCOCC2)n(-c2ccccc2)n1. The number of benzene rings is 1. The predicted molar refractivity (Wildman–Crippen MR) is 108 cm³/mol. The van der Waals surface area contributed by atoms with Gasteiger partial charge in [-0.3, -0.25) is 9.59 Å². The Kier molecular flexibility index (Phi) is 6.14. The molecule has 7 heteroatoms. The summed E-state index contributed by atoms with van der Waals surface area (Å²) in [4.78, 5) is 26.5. The normalized spacial score (nSPS) is 14.8. The van der Waals surface area contributed by atoms with Crippen molar-refractivity contribution in [3.8, 4) is 5.69 Å². The first-order valence-corrected chi connectivity index (χ1v) is 9.66. The van der Waals surface area contributed by atoms with Crippen LogP contribution in [-0.4, -0.2) is 52.8 Å². The molecule has 7 nitrogen and oxygen atoms in total. The molecule has 1 aromatic carbocycles. The average Bonchev–Trinajstić information content (AvgIpc) is 3.11. The van der Waals surface area contributed by atoms with Crippen molar-refractivity contribution in [3.05, 3.63) is 42.1 Å². The maximum Gasteiger partial charge on any atom is 0.226 e. The number of rotatable bonds is 5. The van der Waals surface area contributed by atoms with Gasteiger partial charge in [0.2, 0.25) is 11.8 Å². The van der Waals surface area contributed by atoms with Crippen LogP contribution in [0.4, 0.5) is 5.82 Å². The van der Waals surface area contributed by atoms with E-state index in [4.69, 9.17) is 4.74 Å². The molecule has 1 aromatic heterocycles. The molecule has 2 aromatic rings. The minimum atomic E-state index is -0.195. The Morgan fingerprint density at radius 2 is 1.79 bits per heavy atom. The predicted octanol–water partition coefficient (Wildman–Crippen LogP) is 2.75. The van der Waals surface area contributed by atoms with E-state index in [1.54, 1.807) is 9.58 Å². The summed E-state index contributed by atoms with van der Waals surface area (Å²) in [6.45, 7) is 8.55. The van der Waals surface area contributed by atoms with Gasteiger partial charge >= 0.3 is 0 Å². The van der Waals surface area contributed by atoms with Gasteiger partial charge < -0.3 is 15.0 Å². The molecule has 150 valence electrons. The van der Waals surface area contributed by atoms with Gasteiger partial charge in [0, 0.05) is 37.4 Å². The fourth-order valence-electron chi connectivity index (χ4n) is 3.00. The van der Waals surface area contributed by atoms with Gasteiger partial charge in [-0.25, -0.2) is 4.68 Å². The second kappa shape index (κ2) is 8.56. The third-order valence-corrected chi connectivity index (χ3v) is 4.68. The molecule has 0 aliphatic carbocycles. The summed E-state index contributed by atoms with van der Waals surface area (Å²) in [5.74, 6) is 0.407. The van der Waals surface area contributed by atoms with Crippen molar-refractivity contribution in [2.45, 2.75) is 39.0 Å². The summed E-state index contributed by atoms with van der Waals surface area (Å²) in [5.41, 5.74) is 1.61. The molecule has 2 heterocycles. The Morgan fingerprint density at radius 3 is 2.43 bits per heavy atom. The summed E-state index contributed by atoms with van der Waals surface area (Å²) in [7, 11) is 0. The third-order valence-electron chi connectivity index (χ3n) is 4.68. The lowest BCUT2D eigenvalue weighted by atomic mass is 9.92. The fraction of sp³-hybridized carbons (Fsp3) is 0.476. The molecule has 0 unspecified atom stereocenters. The summed E-state index contributed by atoms with van der Waals surface area (Å²) < 4.78 is 6.99. The van der Waals surface area contributed by atoms with Gasteiger partial charge in [0.05, 0.1) is 24.6 Å². The van der Waals surface area contributed by atoms with Crippen molar-refractivity contribution >= 4 is 17.6 Å². The minimum Gasteiger partial charge on any atom is -0.378 e. The molecule has 0 saturated carbocycles. The molecule has 3 rings (SSSR count). The molecular formula is C21H28N4O3. The highest BCUT2D eigenvalue weighted by atomic mass is 16.5. The van der Waals surface area contributed by atoms with E-state index in [0.717, 1.165) is 11.4 Å². The first-order chi connectivity index (χ1) is 13.3. The molecule has 0 radical (unpaired) electrons. The number of hydrogen-bond acceptors (Lipinski definition) is 4. The van der Waals surface area contributed by atoms with Crippen molar-refractivity contribution in [2.24, 2.45) is 0 Å². The number of aromatic nitrogens is 2. The van der Waals surface area contributed by atoms with Crippen LogP contribution in [0.2, 0.25) is 0 Å². The van der Waals surface area contributed by atoms with E-state index in [-0.39, 0.29) is 30.1 Å². The monoisotopic (exact) mass is 384 g/mol. The number of carbonyl (C=O) groups excluding carboxylic acids is 2. The van der Waals surface area contributed by atoms with E-state index >= 15 is 0 Å². The van der Waals surface area contributed by atoms with Gasteiger partial charge in [0.15, 0.2) is 0 Å². The van der Waals surface area contributed by atoms with Gasteiger partial charge in [0.25, 0.3) is 0 Å². The second-order valence-corrected chi connectivity index (χ2v) is 7.95. The highest BCUT2D eigenvalue weighted by Gasteiger charge is 2.22. The number of carbonyl (C=O) groups is 2. The largest absolute Gasteiger partial charge is 0.378 e. The molecule has 1 aliphatic rings. The Hall–Kier alpha value is -2.67. The summed E-state index contributed by atoms with van der Waals surface area (Å²) in [6, 6.07) is 11.6. The molecule has 0 spiro atoms. The topological polar surface area (TPSA) is 76.5 Å². The van der Waals surface area contributed by atoms with Gasteiger partial charge in [-0.2, -0.15) is 5.10 Å². The van der Waals surface area contributed by atoms with Crippen LogP contribution in [0.5, 0.6) is 0 Å². The Morgan fingerprint density at radius 1 is 1.11 bits per heavy atom. The quantitative estimate of drug-likeness (QED) is 0.860. The number of anilines is 1. The van der Waals surface area contributed by atoms with Crippen LogP contribution in [0.1, 0.15) is 39.3 Å². The van der Waals surface area contributed by atoms with Crippen LogP contribution in [0, 0.1) is 0 Å². The highest BCUT2D eigenvalue weighted by molar-refractivity contribution is 5.92. The van der Waals surface area contributed by atoms with Crippen molar-refractivity contribution in [1.29, 1.82) is 0 Å². The first-order valence-electron chi connectivity index (χ1n) is 9.66. The van der Waals surface area contributed by atoms with Crippen LogP contribution < -0.4 is 5.32 Å². The van der Waals surface area contributed by atoms with E-state index in [0.29, 0.717) is 32.1 Å². The molecule has 2 amide bonds. The molecular weight excluding hydrogens is 356 g/mol. The van der Waals surface area contributed by atoms with Crippen molar-refractivity contribution in [2.75, 3.05) is 31.6 Å². The molecule has 28 heavy (non-hydrogen) atoms. The lowest BCUT2D eigenvalue weighted by Crippen LogP contribution is -2.40. The second-order valence-electron chi connectivity index (χ2n) is 7.95. The summed E-state index contributed by atoms with van der Waals surface area (Å²) in [6.07, 6.45) is 0.332. The summed E-state index contributed by atoms with van der Waals surface area (Å²) in [5, 5.41) is 7.61. The van der Waals surface area contributed by atoms with E-state index in [1.165, 1.54) is 0 Å². The lowest BCUT2D eigenvalue weighted by molar-refractivity contribution is -0.136. The Labute approximate surface area is 165 Å². The number of nitrogens with one attached hydrogen (secondary N) is 1. The van der Waals surface area contributed by atoms with Crippen molar-refractivity contribution < 1.29 is 14.3 Å². The number of morpholine rings is 1. The standard InChI is InChI=1S/C21H28N4O3/c1-21(2,3)17-15-18(25(23-17)16-7-5-4-6-8-16)22-19(26)9-10-20(27)24-11-13-28-14-12-24/h4-8,15H,9-14H2,1-3H3,(H,22,26). The number of amides is 2. The highest BCUT2D eigenvalue weighted by Crippen LogP contribution is 2.26. The number of nitrogens with zero attached hydrogens (tertiary/aromatic N) is 3. The van der Waals surface area contributed by atoms with E-state index in [9.17, 15) is 9.59 Å². The third kappa shape index (κ3) is 4.98. The maximum absolute atomic E-state index is 12.5. The van der Waals surface area contributed by atoms with Crippen LogP contribution in [0.25, 0.3) is 5.69 Å². The zero-order chi connectivity index (χ0) is 20.1. The first kappa shape index (κ1) is 20.1. The number of ether oxygens (including phenoxy) is 1. The molecule has 1 fully saturated rings. The van der Waals surface area contributed by atoms with Gasteiger partial charge in [-0.05, 0) is 12.1 Å². The van der Waals surface area contributed by atoms with E-state index < -0.39 is 0 Å². The van der Waals surface area contributed by atoms with Crippen LogP contribution in [-0.2, 0) is 19.7 Å². The molecule has 1 aliphatic heterocycles. The molecule has 1 saturated heterocycles. The van der Waals surface area contributed by atoms with Crippen LogP contribution in [0.15, 0.2) is 36.4 Å². The molecule has 0 bridgehead atoms. The van der Waals surface area contributed by atoms with E-state index in [1.807, 2.05) is 36.4 Å². The minimum absolute atomic E-state index is 0.00889. The Bertz CT molecular complexity index is 818. The number of para-hydroxylation sites is 1. The van der Waals surface area contributed by atoms with Gasteiger partial charge in [0.1, 0.15) is 5.82 Å². The number of hydrogen-bond donors (Lipinski definition) is 1. The fourth-order valence-corrected chi connectivity index (χ4v) is 3.00. The van der Waals surface area contributed by atoms with Crippen molar-refractivity contribution in [3.63, 3.8) is 0 Å². The Balaban J connectivity index is 1.69. The van der Waals surface area contributed by atoms with Crippen LogP contribution in [0.3, 0.4) is 0 Å². The average molecular weight is 384 g/mol.